The molecule has 0 radical (unpaired) electrons. The summed E-state index contributed by atoms with van der Waals surface area (Å²) in [6.45, 7) is 2.48. The molecule has 1 aromatic rings. The molecule has 0 atom stereocenters. The molecule has 0 bridgehead atoms. The number of methoxy groups -OCH3 is 1. The van der Waals surface area contributed by atoms with Crippen LogP contribution in [-0.4, -0.2) is 20.3 Å². The summed E-state index contributed by atoms with van der Waals surface area (Å²) in [5.74, 6) is -0.187. The van der Waals surface area contributed by atoms with E-state index in [9.17, 15) is 4.39 Å². The zero-order valence-electron chi connectivity index (χ0n) is 8.42. The third-order valence-electron chi connectivity index (χ3n) is 1.94. The monoisotopic (exact) mass is 197 g/mol. The van der Waals surface area contributed by atoms with Crippen LogP contribution in [0.1, 0.15) is 12.0 Å². The maximum Gasteiger partial charge on any atom is 0.123 e. The molecule has 0 saturated heterocycles. The van der Waals surface area contributed by atoms with Gasteiger partial charge < -0.3 is 10.1 Å². The van der Waals surface area contributed by atoms with E-state index in [4.69, 9.17) is 4.74 Å². The van der Waals surface area contributed by atoms with E-state index in [2.05, 4.69) is 5.32 Å². The van der Waals surface area contributed by atoms with Crippen LogP contribution < -0.4 is 5.32 Å². The van der Waals surface area contributed by atoms with Crippen LogP contribution in [-0.2, 0) is 11.3 Å². The minimum atomic E-state index is -0.187. The van der Waals surface area contributed by atoms with Gasteiger partial charge in [-0.25, -0.2) is 4.39 Å². The molecule has 0 aliphatic heterocycles. The maximum absolute atomic E-state index is 12.5. The molecule has 0 aliphatic carbocycles. The quantitative estimate of drug-likeness (QED) is 0.704. The Kier molecular flexibility index (Phi) is 5.19. The van der Waals surface area contributed by atoms with Gasteiger partial charge in [0.2, 0.25) is 0 Å². The molecule has 0 spiro atoms. The Balaban J connectivity index is 2.15. The number of hydrogen-bond acceptors (Lipinski definition) is 2. The van der Waals surface area contributed by atoms with Crippen LogP contribution in [0.15, 0.2) is 24.3 Å². The van der Waals surface area contributed by atoms with Crippen LogP contribution >= 0.6 is 0 Å². The standard InChI is InChI=1S/C11H16FNO/c1-14-8-2-7-13-9-10-3-5-11(12)6-4-10/h3-6,13H,2,7-9H2,1H3. The lowest BCUT2D eigenvalue weighted by atomic mass is 10.2. The Hall–Kier alpha value is -0.930. The van der Waals surface area contributed by atoms with E-state index in [-0.39, 0.29) is 5.82 Å². The molecule has 2 nitrogen and oxygen atoms in total. The minimum Gasteiger partial charge on any atom is -0.385 e. The van der Waals surface area contributed by atoms with Crippen molar-refractivity contribution in [3.8, 4) is 0 Å². The minimum absolute atomic E-state index is 0.187. The van der Waals surface area contributed by atoms with E-state index in [1.165, 1.54) is 12.1 Å². The van der Waals surface area contributed by atoms with Gasteiger partial charge in [-0.3, -0.25) is 0 Å². The molecule has 0 heterocycles. The molecule has 78 valence electrons. The van der Waals surface area contributed by atoms with Crippen molar-refractivity contribution < 1.29 is 9.13 Å². The lowest BCUT2D eigenvalue weighted by Gasteiger charge is -2.04. The molecule has 1 rings (SSSR count). The Labute approximate surface area is 84.1 Å². The second kappa shape index (κ2) is 6.51. The summed E-state index contributed by atoms with van der Waals surface area (Å²) in [6, 6.07) is 6.54. The molecule has 3 heteroatoms. The molecule has 1 aromatic carbocycles. The molecule has 0 fully saturated rings. The zero-order chi connectivity index (χ0) is 10.2. The first-order valence-electron chi connectivity index (χ1n) is 4.77. The molecular formula is C11H16FNO. The van der Waals surface area contributed by atoms with Crippen molar-refractivity contribution in [3.63, 3.8) is 0 Å². The predicted molar refractivity (Wildman–Crippen MR) is 54.6 cm³/mol. The van der Waals surface area contributed by atoms with Crippen molar-refractivity contribution in [2.75, 3.05) is 20.3 Å². The summed E-state index contributed by atoms with van der Waals surface area (Å²) in [6.07, 6.45) is 0.998. The molecule has 0 aromatic heterocycles. The predicted octanol–water partition coefficient (Wildman–Crippen LogP) is 1.95. The van der Waals surface area contributed by atoms with E-state index in [0.29, 0.717) is 0 Å². The van der Waals surface area contributed by atoms with Gasteiger partial charge in [-0.05, 0) is 30.7 Å². The van der Waals surface area contributed by atoms with Crippen LogP contribution in [0.25, 0.3) is 0 Å². The number of hydrogen-bond donors (Lipinski definition) is 1. The molecule has 0 unspecified atom stereocenters. The smallest absolute Gasteiger partial charge is 0.123 e. The van der Waals surface area contributed by atoms with E-state index >= 15 is 0 Å². The number of benzene rings is 1. The Morgan fingerprint density at radius 2 is 2.00 bits per heavy atom. The third kappa shape index (κ3) is 4.35. The highest BCUT2D eigenvalue weighted by Gasteiger charge is 1.93. The average molecular weight is 197 g/mol. The van der Waals surface area contributed by atoms with Crippen molar-refractivity contribution in [3.05, 3.63) is 35.6 Å². The van der Waals surface area contributed by atoms with Gasteiger partial charge in [-0.15, -0.1) is 0 Å². The number of nitrogens with one attached hydrogen (secondary N) is 1. The van der Waals surface area contributed by atoms with E-state index in [0.717, 1.165) is 31.7 Å². The van der Waals surface area contributed by atoms with Gasteiger partial charge in [-0.1, -0.05) is 12.1 Å². The molecule has 0 aliphatic rings. The van der Waals surface area contributed by atoms with Crippen molar-refractivity contribution in [2.45, 2.75) is 13.0 Å². The lowest BCUT2D eigenvalue weighted by molar-refractivity contribution is 0.194. The van der Waals surface area contributed by atoms with Gasteiger partial charge in [0.05, 0.1) is 0 Å². The fourth-order valence-corrected chi connectivity index (χ4v) is 1.18. The first kappa shape index (κ1) is 11.1. The van der Waals surface area contributed by atoms with E-state index in [1.54, 1.807) is 19.2 Å². The SMILES string of the molecule is COCCCNCc1ccc(F)cc1. The Bertz CT molecular complexity index is 248. The van der Waals surface area contributed by atoms with Gasteiger partial charge in [-0.2, -0.15) is 0 Å². The van der Waals surface area contributed by atoms with Crippen LogP contribution in [0, 0.1) is 5.82 Å². The molecule has 0 amide bonds. The summed E-state index contributed by atoms with van der Waals surface area (Å²) in [5, 5.41) is 3.25. The first-order valence-corrected chi connectivity index (χ1v) is 4.77. The second-order valence-electron chi connectivity index (χ2n) is 3.15. The van der Waals surface area contributed by atoms with Crippen molar-refractivity contribution >= 4 is 0 Å². The summed E-state index contributed by atoms with van der Waals surface area (Å²) in [7, 11) is 1.69. The van der Waals surface area contributed by atoms with Gasteiger partial charge in [0.25, 0.3) is 0 Å². The van der Waals surface area contributed by atoms with Crippen LogP contribution in [0.2, 0.25) is 0 Å². The summed E-state index contributed by atoms with van der Waals surface area (Å²) >= 11 is 0. The van der Waals surface area contributed by atoms with Gasteiger partial charge in [0.15, 0.2) is 0 Å². The lowest BCUT2D eigenvalue weighted by Crippen LogP contribution is -2.15. The molecule has 0 saturated carbocycles. The highest BCUT2D eigenvalue weighted by atomic mass is 19.1. The Morgan fingerprint density at radius 1 is 1.29 bits per heavy atom. The fourth-order valence-electron chi connectivity index (χ4n) is 1.18. The normalized spacial score (nSPS) is 10.4. The van der Waals surface area contributed by atoms with Crippen LogP contribution in [0.3, 0.4) is 0 Å². The summed E-state index contributed by atoms with van der Waals surface area (Å²) < 4.78 is 17.5. The highest BCUT2D eigenvalue weighted by Crippen LogP contribution is 2.01. The topological polar surface area (TPSA) is 21.3 Å². The highest BCUT2D eigenvalue weighted by molar-refractivity contribution is 5.15. The number of halogens is 1. The number of ether oxygens (including phenoxy) is 1. The van der Waals surface area contributed by atoms with Crippen LogP contribution in [0.4, 0.5) is 4.39 Å². The van der Waals surface area contributed by atoms with E-state index < -0.39 is 0 Å². The van der Waals surface area contributed by atoms with Gasteiger partial charge >= 0.3 is 0 Å². The van der Waals surface area contributed by atoms with Crippen molar-refractivity contribution in [1.82, 2.24) is 5.32 Å². The van der Waals surface area contributed by atoms with Crippen molar-refractivity contribution in [2.24, 2.45) is 0 Å². The molecular weight excluding hydrogens is 181 g/mol. The molecule has 1 N–H and O–H groups in total. The largest absolute Gasteiger partial charge is 0.385 e. The third-order valence-corrected chi connectivity index (χ3v) is 1.94. The average Bonchev–Trinajstić information content (AvgIpc) is 2.21. The van der Waals surface area contributed by atoms with Gasteiger partial charge in [0, 0.05) is 20.3 Å². The summed E-state index contributed by atoms with van der Waals surface area (Å²) in [4.78, 5) is 0. The van der Waals surface area contributed by atoms with Crippen molar-refractivity contribution in [1.29, 1.82) is 0 Å². The molecule has 14 heavy (non-hydrogen) atoms. The maximum atomic E-state index is 12.5. The second-order valence-corrected chi connectivity index (χ2v) is 3.15. The zero-order valence-corrected chi connectivity index (χ0v) is 8.42. The first-order chi connectivity index (χ1) is 6.83. The van der Waals surface area contributed by atoms with Crippen LogP contribution in [0.5, 0.6) is 0 Å². The fraction of sp³-hybridized carbons (Fsp3) is 0.455. The summed E-state index contributed by atoms with van der Waals surface area (Å²) in [5.41, 5.74) is 1.10. The van der Waals surface area contributed by atoms with Gasteiger partial charge in [0.1, 0.15) is 5.82 Å². The number of rotatable bonds is 6. The Morgan fingerprint density at radius 3 is 2.64 bits per heavy atom. The van der Waals surface area contributed by atoms with E-state index in [1.807, 2.05) is 0 Å².